The molecule has 0 bridgehead atoms. The Kier molecular flexibility index (Phi) is 6.67. The number of quaternary nitrogens is 1. The van der Waals surface area contributed by atoms with Crippen LogP contribution in [0.5, 0.6) is 5.75 Å². The molecule has 1 saturated heterocycles. The lowest BCUT2D eigenvalue weighted by atomic mass is 9.96. The maximum Gasteiger partial charge on any atom is 0.309 e. The van der Waals surface area contributed by atoms with Crippen molar-refractivity contribution in [3.8, 4) is 22.7 Å². The highest BCUT2D eigenvalue weighted by Gasteiger charge is 2.29. The van der Waals surface area contributed by atoms with Gasteiger partial charge in [0.05, 0.1) is 44.0 Å². The Labute approximate surface area is 183 Å². The minimum atomic E-state index is -0.0441. The van der Waals surface area contributed by atoms with E-state index in [0.29, 0.717) is 6.61 Å². The van der Waals surface area contributed by atoms with E-state index in [-0.39, 0.29) is 11.9 Å². The van der Waals surface area contributed by atoms with Gasteiger partial charge in [0.15, 0.2) is 0 Å². The highest BCUT2D eigenvalue weighted by molar-refractivity contribution is 5.72. The lowest BCUT2D eigenvalue weighted by Crippen LogP contribution is -3.11. The van der Waals surface area contributed by atoms with Gasteiger partial charge in [0.25, 0.3) is 0 Å². The number of hydrogen-bond donors (Lipinski definition) is 1. The normalized spacial score (nSPS) is 18.5. The molecule has 2 heterocycles. The monoisotopic (exact) mass is 420 g/mol. The Balaban J connectivity index is 1.56. The molecule has 2 aromatic carbocycles. The van der Waals surface area contributed by atoms with Crippen LogP contribution in [0.3, 0.4) is 0 Å². The van der Waals surface area contributed by atoms with Crippen molar-refractivity contribution >= 4 is 5.97 Å². The summed E-state index contributed by atoms with van der Waals surface area (Å²) in [4.78, 5) is 13.5. The van der Waals surface area contributed by atoms with Crippen LogP contribution in [0, 0.1) is 5.92 Å². The second-order valence-electron chi connectivity index (χ2n) is 7.96. The molecule has 1 aromatic heterocycles. The molecule has 0 atom stereocenters. The third kappa shape index (κ3) is 4.97. The van der Waals surface area contributed by atoms with Crippen LogP contribution in [0.1, 0.15) is 25.3 Å². The standard InChI is InChI=1S/C25H29N3O3/c1-3-31-25(29)20-13-15-27(16-14-20)17-21-18-28(22-7-5-4-6-8-22)26-24(21)19-9-11-23(30-2)12-10-19/h4-12,18,20H,3,13-17H2,1-2H3/p+1. The molecule has 0 aliphatic carbocycles. The van der Waals surface area contributed by atoms with E-state index in [1.54, 1.807) is 7.11 Å². The molecule has 3 aromatic rings. The largest absolute Gasteiger partial charge is 0.497 e. The Hall–Kier alpha value is -3.12. The van der Waals surface area contributed by atoms with E-state index in [1.165, 1.54) is 10.5 Å². The summed E-state index contributed by atoms with van der Waals surface area (Å²) in [5, 5.41) is 4.93. The predicted molar refractivity (Wildman–Crippen MR) is 119 cm³/mol. The van der Waals surface area contributed by atoms with Gasteiger partial charge >= 0.3 is 5.97 Å². The lowest BCUT2D eigenvalue weighted by molar-refractivity contribution is -0.919. The Morgan fingerprint density at radius 1 is 1.10 bits per heavy atom. The number of piperidine rings is 1. The second-order valence-corrected chi connectivity index (χ2v) is 7.96. The second kappa shape index (κ2) is 9.79. The molecule has 0 unspecified atom stereocenters. The third-order valence-corrected chi connectivity index (χ3v) is 5.93. The average molecular weight is 421 g/mol. The van der Waals surface area contributed by atoms with Gasteiger partial charge in [-0.2, -0.15) is 5.10 Å². The number of likely N-dealkylation sites (tertiary alicyclic amines) is 1. The molecule has 31 heavy (non-hydrogen) atoms. The summed E-state index contributed by atoms with van der Waals surface area (Å²) < 4.78 is 12.5. The first-order valence-electron chi connectivity index (χ1n) is 11.0. The zero-order valence-corrected chi connectivity index (χ0v) is 18.2. The van der Waals surface area contributed by atoms with Gasteiger partial charge < -0.3 is 14.4 Å². The van der Waals surface area contributed by atoms with E-state index in [1.807, 2.05) is 41.9 Å². The molecule has 6 heteroatoms. The Morgan fingerprint density at radius 2 is 1.81 bits per heavy atom. The highest BCUT2D eigenvalue weighted by Crippen LogP contribution is 2.25. The molecule has 1 aliphatic rings. The lowest BCUT2D eigenvalue weighted by Gasteiger charge is -2.28. The zero-order chi connectivity index (χ0) is 21.6. The van der Waals surface area contributed by atoms with Gasteiger partial charge in [-0.3, -0.25) is 4.79 Å². The van der Waals surface area contributed by atoms with Crippen molar-refractivity contribution in [2.75, 3.05) is 26.8 Å². The zero-order valence-electron chi connectivity index (χ0n) is 18.2. The topological polar surface area (TPSA) is 57.8 Å². The molecule has 0 spiro atoms. The molecule has 162 valence electrons. The minimum absolute atomic E-state index is 0.0387. The van der Waals surface area contributed by atoms with Crippen LogP contribution < -0.4 is 9.64 Å². The summed E-state index contributed by atoms with van der Waals surface area (Å²) in [7, 11) is 1.67. The predicted octanol–water partition coefficient (Wildman–Crippen LogP) is 2.91. The van der Waals surface area contributed by atoms with Crippen molar-refractivity contribution in [1.82, 2.24) is 9.78 Å². The van der Waals surface area contributed by atoms with Crippen molar-refractivity contribution in [1.29, 1.82) is 0 Å². The van der Waals surface area contributed by atoms with E-state index >= 15 is 0 Å². The summed E-state index contributed by atoms with van der Waals surface area (Å²) in [6.07, 6.45) is 3.89. The summed E-state index contributed by atoms with van der Waals surface area (Å²) >= 11 is 0. The number of nitrogens with one attached hydrogen (secondary N) is 1. The molecule has 6 nitrogen and oxygen atoms in total. The fraction of sp³-hybridized carbons (Fsp3) is 0.360. The van der Waals surface area contributed by atoms with Crippen LogP contribution in [0.2, 0.25) is 0 Å². The van der Waals surface area contributed by atoms with Crippen LogP contribution in [0.4, 0.5) is 0 Å². The molecule has 1 fully saturated rings. The SMILES string of the molecule is CCOC(=O)C1CC[NH+](Cc2cn(-c3ccccc3)nc2-c2ccc(OC)cc2)CC1. The van der Waals surface area contributed by atoms with Crippen LogP contribution in [-0.4, -0.2) is 42.6 Å². The molecule has 0 amide bonds. The number of aromatic nitrogens is 2. The molecule has 4 rings (SSSR count). The van der Waals surface area contributed by atoms with Crippen LogP contribution in [0.25, 0.3) is 16.9 Å². The molecular formula is C25H30N3O3+. The summed E-state index contributed by atoms with van der Waals surface area (Å²) in [5.41, 5.74) is 4.32. The number of ether oxygens (including phenoxy) is 2. The summed E-state index contributed by atoms with van der Waals surface area (Å²) in [6, 6.07) is 18.2. The van der Waals surface area contributed by atoms with E-state index in [4.69, 9.17) is 14.6 Å². The van der Waals surface area contributed by atoms with E-state index in [2.05, 4.69) is 30.5 Å². The number of methoxy groups -OCH3 is 1. The van der Waals surface area contributed by atoms with E-state index in [0.717, 1.165) is 55.2 Å². The maximum atomic E-state index is 12.1. The molecule has 0 radical (unpaired) electrons. The van der Waals surface area contributed by atoms with Crippen molar-refractivity contribution in [2.45, 2.75) is 26.3 Å². The highest BCUT2D eigenvalue weighted by atomic mass is 16.5. The van der Waals surface area contributed by atoms with E-state index in [9.17, 15) is 4.79 Å². The van der Waals surface area contributed by atoms with Crippen molar-refractivity contribution in [3.05, 3.63) is 66.4 Å². The van der Waals surface area contributed by atoms with Crippen molar-refractivity contribution in [3.63, 3.8) is 0 Å². The number of esters is 1. The minimum Gasteiger partial charge on any atom is -0.497 e. The maximum absolute atomic E-state index is 12.1. The number of nitrogens with zero attached hydrogens (tertiary/aromatic N) is 2. The summed E-state index contributed by atoms with van der Waals surface area (Å²) in [5.74, 6) is 0.827. The van der Waals surface area contributed by atoms with Crippen LogP contribution in [0.15, 0.2) is 60.8 Å². The number of carbonyl (C=O) groups is 1. The molecule has 1 N–H and O–H groups in total. The Morgan fingerprint density at radius 3 is 2.45 bits per heavy atom. The molecule has 0 saturated carbocycles. The average Bonchev–Trinajstić information content (AvgIpc) is 3.24. The fourth-order valence-corrected chi connectivity index (χ4v) is 4.21. The van der Waals surface area contributed by atoms with Gasteiger partial charge in [-0.05, 0) is 43.3 Å². The van der Waals surface area contributed by atoms with Gasteiger partial charge in [-0.25, -0.2) is 4.68 Å². The molecular weight excluding hydrogens is 390 g/mol. The Bertz CT molecular complexity index is 991. The van der Waals surface area contributed by atoms with Gasteiger partial charge in [0.2, 0.25) is 0 Å². The van der Waals surface area contributed by atoms with Crippen LogP contribution in [-0.2, 0) is 16.1 Å². The smallest absolute Gasteiger partial charge is 0.309 e. The number of rotatable bonds is 7. The van der Waals surface area contributed by atoms with Crippen LogP contribution >= 0.6 is 0 Å². The van der Waals surface area contributed by atoms with Gasteiger partial charge in [0, 0.05) is 24.6 Å². The first kappa shape index (κ1) is 21.1. The first-order valence-corrected chi connectivity index (χ1v) is 11.0. The van der Waals surface area contributed by atoms with Crippen molar-refractivity contribution < 1.29 is 19.2 Å². The van der Waals surface area contributed by atoms with Gasteiger partial charge in [-0.15, -0.1) is 0 Å². The number of carbonyl (C=O) groups excluding carboxylic acids is 1. The first-order chi connectivity index (χ1) is 15.2. The number of para-hydroxylation sites is 1. The molecule has 1 aliphatic heterocycles. The van der Waals surface area contributed by atoms with E-state index < -0.39 is 0 Å². The van der Waals surface area contributed by atoms with Gasteiger partial charge in [-0.1, -0.05) is 18.2 Å². The summed E-state index contributed by atoms with van der Waals surface area (Å²) in [6.45, 7) is 5.12. The quantitative estimate of drug-likeness (QED) is 0.597. The fourth-order valence-electron chi connectivity index (χ4n) is 4.21. The number of hydrogen-bond acceptors (Lipinski definition) is 4. The van der Waals surface area contributed by atoms with Crippen molar-refractivity contribution in [2.24, 2.45) is 5.92 Å². The third-order valence-electron chi connectivity index (χ3n) is 5.93. The van der Waals surface area contributed by atoms with Gasteiger partial charge in [0.1, 0.15) is 18.0 Å². The number of benzene rings is 2.